The van der Waals surface area contributed by atoms with Crippen LogP contribution in [0.15, 0.2) is 4.99 Å². The first kappa shape index (κ1) is 21.2. The van der Waals surface area contributed by atoms with E-state index in [1.165, 1.54) is 6.42 Å². The van der Waals surface area contributed by atoms with Gasteiger partial charge in [0.2, 0.25) is 0 Å². The van der Waals surface area contributed by atoms with Gasteiger partial charge in [-0.15, -0.1) is 0 Å². The van der Waals surface area contributed by atoms with Crippen molar-refractivity contribution in [3.63, 3.8) is 0 Å². The molecule has 1 fully saturated rings. The number of hydrogen-bond donors (Lipinski definition) is 1. The van der Waals surface area contributed by atoms with Crippen molar-refractivity contribution in [2.45, 2.75) is 66.5 Å². The Kier molecular flexibility index (Phi) is 10.3. The molecule has 5 heteroatoms. The molecule has 0 amide bonds. The second-order valence-corrected chi connectivity index (χ2v) is 7.27. The molecule has 142 valence electrons. The van der Waals surface area contributed by atoms with E-state index >= 15 is 0 Å². The fourth-order valence-electron chi connectivity index (χ4n) is 3.42. The zero-order valence-corrected chi connectivity index (χ0v) is 16.8. The third-order valence-corrected chi connectivity index (χ3v) is 4.64. The Morgan fingerprint density at radius 3 is 2.54 bits per heavy atom. The Balaban J connectivity index is 2.45. The standard InChI is InChI=1S/C19H40N4O/c1-7-20-19(22-13-10-18(14-22)15-24-8-2)21-11-9-12-23(16(3)4)17(5)6/h16-18H,7-15H2,1-6H3,(H,20,21). The highest BCUT2D eigenvalue weighted by atomic mass is 16.5. The van der Waals surface area contributed by atoms with Crippen LogP contribution in [0.25, 0.3) is 0 Å². The van der Waals surface area contributed by atoms with Gasteiger partial charge < -0.3 is 15.0 Å². The van der Waals surface area contributed by atoms with Gasteiger partial charge in [-0.1, -0.05) is 0 Å². The summed E-state index contributed by atoms with van der Waals surface area (Å²) in [6.07, 6.45) is 2.32. The number of likely N-dealkylation sites (tertiary alicyclic amines) is 1. The van der Waals surface area contributed by atoms with Crippen molar-refractivity contribution in [1.29, 1.82) is 0 Å². The molecule has 0 bridgehead atoms. The minimum atomic E-state index is 0.597. The first-order valence-electron chi connectivity index (χ1n) is 9.86. The van der Waals surface area contributed by atoms with Gasteiger partial charge in [0, 0.05) is 57.3 Å². The molecule has 0 radical (unpaired) electrons. The first-order chi connectivity index (χ1) is 11.5. The molecule has 1 aliphatic rings. The zero-order valence-electron chi connectivity index (χ0n) is 16.8. The fourth-order valence-corrected chi connectivity index (χ4v) is 3.42. The monoisotopic (exact) mass is 340 g/mol. The summed E-state index contributed by atoms with van der Waals surface area (Å²) < 4.78 is 5.58. The number of guanidine groups is 1. The minimum Gasteiger partial charge on any atom is -0.381 e. The highest BCUT2D eigenvalue weighted by molar-refractivity contribution is 5.80. The summed E-state index contributed by atoms with van der Waals surface area (Å²) >= 11 is 0. The molecule has 24 heavy (non-hydrogen) atoms. The molecule has 0 aliphatic carbocycles. The van der Waals surface area contributed by atoms with Crippen molar-refractivity contribution < 1.29 is 4.74 Å². The number of nitrogens with zero attached hydrogens (tertiary/aromatic N) is 3. The number of rotatable bonds is 10. The third kappa shape index (κ3) is 7.39. The summed E-state index contributed by atoms with van der Waals surface area (Å²) in [4.78, 5) is 9.80. The predicted molar refractivity (Wildman–Crippen MR) is 104 cm³/mol. The van der Waals surface area contributed by atoms with Gasteiger partial charge >= 0.3 is 0 Å². The molecule has 0 spiro atoms. The van der Waals surface area contributed by atoms with Crippen LogP contribution in [-0.2, 0) is 4.74 Å². The second-order valence-electron chi connectivity index (χ2n) is 7.27. The molecule has 1 unspecified atom stereocenters. The fraction of sp³-hybridized carbons (Fsp3) is 0.947. The van der Waals surface area contributed by atoms with Crippen LogP contribution in [-0.4, -0.2) is 73.8 Å². The van der Waals surface area contributed by atoms with E-state index < -0.39 is 0 Å². The molecule has 1 atom stereocenters. The summed E-state index contributed by atoms with van der Waals surface area (Å²) in [6.45, 7) is 20.1. The molecule has 1 saturated heterocycles. The van der Waals surface area contributed by atoms with Gasteiger partial charge in [-0.3, -0.25) is 9.89 Å². The maximum Gasteiger partial charge on any atom is 0.193 e. The SMILES string of the molecule is CCNC(=NCCCN(C(C)C)C(C)C)N1CCC(COCC)C1. The van der Waals surface area contributed by atoms with Crippen molar-refractivity contribution in [3.8, 4) is 0 Å². The Morgan fingerprint density at radius 1 is 1.25 bits per heavy atom. The van der Waals surface area contributed by atoms with E-state index in [0.29, 0.717) is 18.0 Å². The number of nitrogens with one attached hydrogen (secondary N) is 1. The van der Waals surface area contributed by atoms with Crippen molar-refractivity contribution in [2.24, 2.45) is 10.9 Å². The average molecular weight is 341 g/mol. The van der Waals surface area contributed by atoms with Crippen LogP contribution in [0.3, 0.4) is 0 Å². The topological polar surface area (TPSA) is 40.1 Å². The molecule has 0 aromatic heterocycles. The molecule has 1 N–H and O–H groups in total. The summed E-state index contributed by atoms with van der Waals surface area (Å²) in [5.41, 5.74) is 0. The van der Waals surface area contributed by atoms with Crippen LogP contribution < -0.4 is 5.32 Å². The van der Waals surface area contributed by atoms with Crippen LogP contribution in [0.2, 0.25) is 0 Å². The van der Waals surface area contributed by atoms with Crippen LogP contribution in [0.1, 0.15) is 54.4 Å². The van der Waals surface area contributed by atoms with Gasteiger partial charge in [0.15, 0.2) is 5.96 Å². The lowest BCUT2D eigenvalue weighted by Gasteiger charge is -2.30. The largest absolute Gasteiger partial charge is 0.381 e. The summed E-state index contributed by atoms with van der Waals surface area (Å²) in [6, 6.07) is 1.19. The van der Waals surface area contributed by atoms with Crippen LogP contribution >= 0.6 is 0 Å². The lowest BCUT2D eigenvalue weighted by atomic mass is 10.1. The Hall–Kier alpha value is -0.810. The maximum absolute atomic E-state index is 5.58. The van der Waals surface area contributed by atoms with Crippen molar-refractivity contribution >= 4 is 5.96 Å². The van der Waals surface area contributed by atoms with E-state index in [9.17, 15) is 0 Å². The minimum absolute atomic E-state index is 0.597. The van der Waals surface area contributed by atoms with Gasteiger partial charge in [0.25, 0.3) is 0 Å². The van der Waals surface area contributed by atoms with E-state index in [1.54, 1.807) is 0 Å². The van der Waals surface area contributed by atoms with E-state index in [0.717, 1.165) is 58.3 Å². The number of aliphatic imine (C=N–C) groups is 1. The number of hydrogen-bond acceptors (Lipinski definition) is 3. The lowest BCUT2D eigenvalue weighted by Crippen LogP contribution is -2.41. The molecule has 0 saturated carbocycles. The molecule has 1 rings (SSSR count). The van der Waals surface area contributed by atoms with Gasteiger partial charge in [0.05, 0.1) is 6.61 Å². The normalized spacial score (nSPS) is 19.1. The van der Waals surface area contributed by atoms with Crippen molar-refractivity contribution in [1.82, 2.24) is 15.1 Å². The molecule has 1 heterocycles. The van der Waals surface area contributed by atoms with E-state index in [4.69, 9.17) is 9.73 Å². The van der Waals surface area contributed by atoms with E-state index in [-0.39, 0.29) is 0 Å². The highest BCUT2D eigenvalue weighted by Crippen LogP contribution is 2.16. The molecular formula is C19H40N4O. The number of ether oxygens (including phenoxy) is 1. The van der Waals surface area contributed by atoms with Gasteiger partial charge in [0.1, 0.15) is 0 Å². The lowest BCUT2D eigenvalue weighted by molar-refractivity contribution is 0.114. The van der Waals surface area contributed by atoms with Gasteiger partial charge in [-0.2, -0.15) is 0 Å². The Labute approximate surface area is 149 Å². The average Bonchev–Trinajstić information content (AvgIpc) is 2.99. The van der Waals surface area contributed by atoms with Crippen LogP contribution in [0, 0.1) is 5.92 Å². The summed E-state index contributed by atoms with van der Waals surface area (Å²) in [7, 11) is 0. The Morgan fingerprint density at radius 2 is 1.96 bits per heavy atom. The van der Waals surface area contributed by atoms with Crippen molar-refractivity contribution in [3.05, 3.63) is 0 Å². The second kappa shape index (κ2) is 11.7. The molecule has 1 aliphatic heterocycles. The molecule has 0 aromatic carbocycles. The highest BCUT2D eigenvalue weighted by Gasteiger charge is 2.24. The molecular weight excluding hydrogens is 300 g/mol. The predicted octanol–water partition coefficient (Wildman–Crippen LogP) is 2.82. The zero-order chi connectivity index (χ0) is 17.9. The summed E-state index contributed by atoms with van der Waals surface area (Å²) in [5.74, 6) is 1.73. The summed E-state index contributed by atoms with van der Waals surface area (Å²) in [5, 5.41) is 3.46. The smallest absolute Gasteiger partial charge is 0.193 e. The quantitative estimate of drug-likeness (QED) is 0.377. The van der Waals surface area contributed by atoms with Crippen molar-refractivity contribution in [2.75, 3.05) is 45.9 Å². The molecule has 5 nitrogen and oxygen atoms in total. The maximum atomic E-state index is 5.58. The van der Waals surface area contributed by atoms with Crippen LogP contribution in [0.5, 0.6) is 0 Å². The van der Waals surface area contributed by atoms with Gasteiger partial charge in [-0.25, -0.2) is 0 Å². The first-order valence-corrected chi connectivity index (χ1v) is 9.86. The van der Waals surface area contributed by atoms with Crippen LogP contribution in [0.4, 0.5) is 0 Å². The third-order valence-electron chi connectivity index (χ3n) is 4.64. The molecule has 0 aromatic rings. The van der Waals surface area contributed by atoms with Gasteiger partial charge in [-0.05, 0) is 54.4 Å². The Bertz CT molecular complexity index is 349. The van der Waals surface area contributed by atoms with E-state index in [2.05, 4.69) is 56.7 Å². The van der Waals surface area contributed by atoms with E-state index in [1.807, 2.05) is 0 Å².